The number of ether oxygens (including phenoxy) is 1. The quantitative estimate of drug-likeness (QED) is 0.573. The maximum atomic E-state index is 12.3. The molecule has 1 unspecified atom stereocenters. The molecule has 0 saturated carbocycles. The minimum Gasteiger partial charge on any atom is -0.492 e. The van der Waals surface area contributed by atoms with E-state index in [0.717, 1.165) is 29.9 Å². The van der Waals surface area contributed by atoms with E-state index in [1.807, 2.05) is 24.3 Å². The Morgan fingerprint density at radius 1 is 1.09 bits per heavy atom. The van der Waals surface area contributed by atoms with Gasteiger partial charge in [-0.25, -0.2) is 0 Å². The van der Waals surface area contributed by atoms with Crippen molar-refractivity contribution < 1.29 is 9.84 Å². The van der Waals surface area contributed by atoms with Crippen LogP contribution in [0.2, 0.25) is 0 Å². The molecule has 3 aromatic rings. The first-order valence-corrected chi connectivity index (χ1v) is 11.3. The molecule has 1 saturated heterocycles. The fourth-order valence-corrected chi connectivity index (χ4v) is 4.86. The van der Waals surface area contributed by atoms with E-state index < -0.39 is 5.60 Å². The lowest BCUT2D eigenvalue weighted by atomic mass is 9.62. The van der Waals surface area contributed by atoms with Gasteiger partial charge in [-0.2, -0.15) is 0 Å². The number of hydrogen-bond donors (Lipinski definition) is 1. The van der Waals surface area contributed by atoms with Crippen LogP contribution >= 0.6 is 0 Å². The zero-order valence-corrected chi connectivity index (χ0v) is 19.5. The van der Waals surface area contributed by atoms with Crippen LogP contribution < -0.4 is 4.74 Å². The molecule has 1 aromatic carbocycles. The van der Waals surface area contributed by atoms with Crippen LogP contribution in [0, 0.1) is 5.41 Å². The maximum absolute atomic E-state index is 12.3. The predicted molar refractivity (Wildman–Crippen MR) is 127 cm³/mol. The van der Waals surface area contributed by atoms with Crippen LogP contribution in [0.4, 0.5) is 0 Å². The van der Waals surface area contributed by atoms with Crippen LogP contribution in [0.1, 0.15) is 49.1 Å². The number of likely N-dealkylation sites (tertiary alicyclic amines) is 1. The van der Waals surface area contributed by atoms with Gasteiger partial charge in [-0.1, -0.05) is 51.1 Å². The molecule has 1 N–H and O–H groups in total. The third-order valence-corrected chi connectivity index (χ3v) is 6.59. The number of benzene rings is 1. The van der Waals surface area contributed by atoms with Crippen LogP contribution in [-0.4, -0.2) is 46.7 Å². The van der Waals surface area contributed by atoms with Crippen molar-refractivity contribution in [3.8, 4) is 5.75 Å². The third-order valence-electron chi connectivity index (χ3n) is 6.59. The lowest BCUT2D eigenvalue weighted by Gasteiger charge is -2.55. The molecule has 0 radical (unpaired) electrons. The van der Waals surface area contributed by atoms with E-state index in [-0.39, 0.29) is 5.41 Å². The highest BCUT2D eigenvalue weighted by atomic mass is 16.5. The monoisotopic (exact) mass is 431 g/mol. The second kappa shape index (κ2) is 9.00. The van der Waals surface area contributed by atoms with Crippen molar-refractivity contribution >= 4 is 0 Å². The normalized spacial score (nSPS) is 17.6. The van der Waals surface area contributed by atoms with Crippen molar-refractivity contribution in [2.75, 3.05) is 26.7 Å². The largest absolute Gasteiger partial charge is 0.492 e. The molecule has 1 aliphatic heterocycles. The molecule has 5 heteroatoms. The summed E-state index contributed by atoms with van der Waals surface area (Å²) in [6.45, 7) is 8.63. The number of hydrogen-bond acceptors (Lipinski definition) is 5. The first-order valence-electron chi connectivity index (χ1n) is 11.3. The summed E-state index contributed by atoms with van der Waals surface area (Å²) in [5.74, 6) is 1.10. The number of nitrogens with zero attached hydrogens (tertiary/aromatic N) is 3. The number of aromatic nitrogens is 2. The summed E-state index contributed by atoms with van der Waals surface area (Å²) in [6, 6.07) is 16.2. The van der Waals surface area contributed by atoms with Crippen LogP contribution in [0.25, 0.3) is 0 Å². The van der Waals surface area contributed by atoms with E-state index in [4.69, 9.17) is 4.74 Å². The average Bonchev–Trinajstić information content (AvgIpc) is 2.78. The first kappa shape index (κ1) is 22.4. The van der Waals surface area contributed by atoms with Gasteiger partial charge in [-0.3, -0.25) is 9.97 Å². The van der Waals surface area contributed by atoms with Crippen LogP contribution in [0.15, 0.2) is 67.1 Å². The molecule has 4 rings (SSSR count). The van der Waals surface area contributed by atoms with Gasteiger partial charge in [0.15, 0.2) is 0 Å². The highest BCUT2D eigenvalue weighted by molar-refractivity contribution is 5.42. The van der Waals surface area contributed by atoms with Crippen molar-refractivity contribution in [2.24, 2.45) is 5.41 Å². The molecule has 2 aromatic heterocycles. The van der Waals surface area contributed by atoms with Gasteiger partial charge in [-0.15, -0.1) is 0 Å². The average molecular weight is 432 g/mol. The molecule has 168 valence electrons. The minimum atomic E-state index is -1.16. The zero-order valence-electron chi connectivity index (χ0n) is 19.5. The molecule has 5 nitrogen and oxygen atoms in total. The fraction of sp³-hybridized carbons (Fsp3) is 0.407. The molecule has 0 aliphatic carbocycles. The van der Waals surface area contributed by atoms with E-state index in [1.54, 1.807) is 18.6 Å². The first-order chi connectivity index (χ1) is 15.3. The lowest BCUT2D eigenvalue weighted by Crippen LogP contribution is -2.63. The summed E-state index contributed by atoms with van der Waals surface area (Å²) < 4.78 is 5.99. The van der Waals surface area contributed by atoms with Crippen molar-refractivity contribution in [1.82, 2.24) is 14.9 Å². The summed E-state index contributed by atoms with van der Waals surface area (Å²) in [6.07, 6.45) is 5.98. The standard InChI is InChI=1S/C27H33N3O2/c1-20(2)21-8-10-22(11-9-21)27(31,26(3)18-30(4)19-26)23-15-25(17-28-16-23)32-14-12-24-7-5-6-13-29-24/h5-11,13,15-17,20,31H,12,14,18-19H2,1-4H3. The summed E-state index contributed by atoms with van der Waals surface area (Å²) in [4.78, 5) is 11.0. The Kier molecular flexibility index (Phi) is 6.31. The SMILES string of the molecule is CC(C)c1ccc(C(O)(c2cncc(OCCc3ccccn3)c2)C2(C)CN(C)C2)cc1. The smallest absolute Gasteiger partial charge is 0.137 e. The molecule has 0 bridgehead atoms. The maximum Gasteiger partial charge on any atom is 0.137 e. The Hall–Kier alpha value is -2.76. The Balaban J connectivity index is 1.62. The Morgan fingerprint density at radius 3 is 2.47 bits per heavy atom. The van der Waals surface area contributed by atoms with Gasteiger partial charge in [0.25, 0.3) is 0 Å². The van der Waals surface area contributed by atoms with Gasteiger partial charge < -0.3 is 14.7 Å². The van der Waals surface area contributed by atoms with Gasteiger partial charge in [0.1, 0.15) is 11.4 Å². The summed E-state index contributed by atoms with van der Waals surface area (Å²) >= 11 is 0. The van der Waals surface area contributed by atoms with Gasteiger partial charge in [0, 0.05) is 48.6 Å². The highest BCUT2D eigenvalue weighted by Crippen LogP contribution is 2.50. The van der Waals surface area contributed by atoms with Crippen LogP contribution in [-0.2, 0) is 12.0 Å². The van der Waals surface area contributed by atoms with E-state index in [0.29, 0.717) is 24.7 Å². The van der Waals surface area contributed by atoms with Gasteiger partial charge in [-0.05, 0) is 42.3 Å². The number of rotatable bonds is 8. The molecule has 1 fully saturated rings. The third kappa shape index (κ3) is 4.27. The van der Waals surface area contributed by atoms with Crippen molar-refractivity contribution in [1.29, 1.82) is 0 Å². The van der Waals surface area contributed by atoms with Gasteiger partial charge in [0.2, 0.25) is 0 Å². The fourth-order valence-electron chi connectivity index (χ4n) is 4.86. The molecule has 0 amide bonds. The summed E-state index contributed by atoms with van der Waals surface area (Å²) in [5, 5.41) is 12.3. The topological polar surface area (TPSA) is 58.5 Å². The van der Waals surface area contributed by atoms with Crippen LogP contribution in [0.5, 0.6) is 5.75 Å². The number of aliphatic hydroxyl groups is 1. The Morgan fingerprint density at radius 2 is 1.84 bits per heavy atom. The van der Waals surface area contributed by atoms with Crippen molar-refractivity contribution in [3.63, 3.8) is 0 Å². The predicted octanol–water partition coefficient (Wildman–Crippen LogP) is 4.41. The molecule has 1 atom stereocenters. The van der Waals surface area contributed by atoms with Gasteiger partial charge >= 0.3 is 0 Å². The van der Waals surface area contributed by atoms with Crippen LogP contribution in [0.3, 0.4) is 0 Å². The van der Waals surface area contributed by atoms with Crippen molar-refractivity contribution in [3.05, 3.63) is 89.5 Å². The van der Waals surface area contributed by atoms with Gasteiger partial charge in [0.05, 0.1) is 12.8 Å². The second-order valence-electron chi connectivity index (χ2n) is 9.55. The molecular formula is C27H33N3O2. The highest BCUT2D eigenvalue weighted by Gasteiger charge is 2.55. The Bertz CT molecular complexity index is 1030. The Labute approximate surface area is 191 Å². The van der Waals surface area contributed by atoms with E-state index >= 15 is 0 Å². The minimum absolute atomic E-state index is 0.324. The summed E-state index contributed by atoms with van der Waals surface area (Å²) in [5.41, 5.74) is 2.42. The molecular weight excluding hydrogens is 398 g/mol. The lowest BCUT2D eigenvalue weighted by molar-refractivity contribution is -0.127. The number of pyridine rings is 2. The van der Waals surface area contributed by atoms with Crippen molar-refractivity contribution in [2.45, 2.75) is 38.7 Å². The summed E-state index contributed by atoms with van der Waals surface area (Å²) in [7, 11) is 2.08. The molecule has 32 heavy (non-hydrogen) atoms. The van der Waals surface area contributed by atoms with E-state index in [2.05, 4.69) is 67.0 Å². The van der Waals surface area contributed by atoms with E-state index in [1.165, 1.54) is 5.56 Å². The van der Waals surface area contributed by atoms with E-state index in [9.17, 15) is 5.11 Å². The zero-order chi connectivity index (χ0) is 22.8. The second-order valence-corrected chi connectivity index (χ2v) is 9.55. The molecule has 1 aliphatic rings. The molecule has 3 heterocycles. The molecule has 0 spiro atoms.